The molecule has 1 atom stereocenters. The number of ether oxygens (including phenoxy) is 1. The van der Waals surface area contributed by atoms with Crippen LogP contribution in [0.3, 0.4) is 0 Å². The van der Waals surface area contributed by atoms with Gasteiger partial charge in [-0.25, -0.2) is 0 Å². The zero-order chi connectivity index (χ0) is 21.7. The molecule has 162 valence electrons. The number of carbonyl (C=O) groups is 1. The fourth-order valence-electron chi connectivity index (χ4n) is 3.25. The van der Waals surface area contributed by atoms with E-state index >= 15 is 0 Å². The normalized spacial score (nSPS) is 15.9. The van der Waals surface area contributed by atoms with E-state index in [0.717, 1.165) is 30.9 Å². The number of likely N-dealkylation sites (N-methyl/N-ethyl adjacent to an activating group) is 1. The fourth-order valence-corrected chi connectivity index (χ4v) is 3.25. The smallest absolute Gasteiger partial charge is 0.378 e. The first kappa shape index (κ1) is 22.1. The molecule has 1 fully saturated rings. The number of amides is 1. The summed E-state index contributed by atoms with van der Waals surface area (Å²) in [6.07, 6.45) is -4.35. The van der Waals surface area contributed by atoms with Crippen LogP contribution in [0.15, 0.2) is 48.5 Å². The number of alkyl halides is 3. The van der Waals surface area contributed by atoms with Crippen molar-refractivity contribution in [3.8, 4) is 0 Å². The van der Waals surface area contributed by atoms with E-state index < -0.39 is 17.8 Å². The summed E-state index contributed by atoms with van der Waals surface area (Å²) in [7, 11) is 1.77. The summed E-state index contributed by atoms with van der Waals surface area (Å²) >= 11 is 0. The van der Waals surface area contributed by atoms with Gasteiger partial charge in [0.15, 0.2) is 0 Å². The molecule has 0 unspecified atom stereocenters. The Hall–Kier alpha value is -2.58. The number of hydrogen-bond acceptors (Lipinski definition) is 4. The molecule has 1 amide bonds. The fraction of sp³-hybridized carbons (Fsp3) is 0.409. The van der Waals surface area contributed by atoms with Gasteiger partial charge in [-0.3, -0.25) is 9.69 Å². The van der Waals surface area contributed by atoms with Gasteiger partial charge in [-0.15, -0.1) is 0 Å². The lowest BCUT2D eigenvalue weighted by molar-refractivity contribution is -0.137. The molecule has 0 bridgehead atoms. The molecule has 1 heterocycles. The molecule has 1 aliphatic rings. The number of nitrogens with one attached hydrogen (secondary N) is 1. The molecule has 0 radical (unpaired) electrons. The Morgan fingerprint density at radius 2 is 1.70 bits per heavy atom. The van der Waals surface area contributed by atoms with Crippen LogP contribution in [0.5, 0.6) is 0 Å². The van der Waals surface area contributed by atoms with Crippen LogP contribution in [-0.4, -0.2) is 50.2 Å². The van der Waals surface area contributed by atoms with Crippen LogP contribution in [0.2, 0.25) is 0 Å². The highest BCUT2D eigenvalue weighted by Crippen LogP contribution is 2.29. The quantitative estimate of drug-likeness (QED) is 0.766. The molecule has 1 aliphatic heterocycles. The molecular weight excluding hydrogens is 395 g/mol. The zero-order valence-electron chi connectivity index (χ0n) is 17.1. The monoisotopic (exact) mass is 421 g/mol. The zero-order valence-corrected chi connectivity index (χ0v) is 17.1. The van der Waals surface area contributed by atoms with E-state index in [2.05, 4.69) is 10.2 Å². The highest BCUT2D eigenvalue weighted by Gasteiger charge is 2.30. The molecule has 2 aromatic rings. The molecular formula is C22H26F3N3O2. The van der Waals surface area contributed by atoms with E-state index in [0.29, 0.717) is 31.0 Å². The third kappa shape index (κ3) is 5.73. The Bertz CT molecular complexity index is 832. The number of carbonyl (C=O) groups excluding carboxylic acids is 1. The minimum absolute atomic E-state index is 0.177. The van der Waals surface area contributed by atoms with E-state index in [4.69, 9.17) is 4.74 Å². The third-order valence-corrected chi connectivity index (χ3v) is 5.26. The van der Waals surface area contributed by atoms with Gasteiger partial charge in [0.25, 0.3) is 0 Å². The Labute approximate surface area is 174 Å². The summed E-state index contributed by atoms with van der Waals surface area (Å²) in [5.41, 5.74) is 1.82. The van der Waals surface area contributed by atoms with Crippen LogP contribution in [0, 0.1) is 0 Å². The predicted octanol–water partition coefficient (Wildman–Crippen LogP) is 4.00. The maximum Gasteiger partial charge on any atom is 0.416 e. The maximum atomic E-state index is 12.7. The van der Waals surface area contributed by atoms with Gasteiger partial charge in [0.05, 0.1) is 24.8 Å². The van der Waals surface area contributed by atoms with Crippen LogP contribution >= 0.6 is 0 Å². The predicted molar refractivity (Wildman–Crippen MR) is 110 cm³/mol. The van der Waals surface area contributed by atoms with Crippen molar-refractivity contribution in [3.05, 3.63) is 59.7 Å². The second kappa shape index (κ2) is 9.49. The lowest BCUT2D eigenvalue weighted by Crippen LogP contribution is -2.39. The largest absolute Gasteiger partial charge is 0.416 e. The van der Waals surface area contributed by atoms with E-state index in [9.17, 15) is 18.0 Å². The van der Waals surface area contributed by atoms with Gasteiger partial charge in [-0.2, -0.15) is 13.2 Å². The number of halogens is 3. The number of morpholine rings is 1. The lowest BCUT2D eigenvalue weighted by Gasteiger charge is -2.29. The second-order valence-electron chi connectivity index (χ2n) is 7.42. The summed E-state index contributed by atoms with van der Waals surface area (Å²) in [5, 5.41) is 2.89. The summed E-state index contributed by atoms with van der Waals surface area (Å²) < 4.78 is 43.4. The Balaban J connectivity index is 1.54. The van der Waals surface area contributed by atoms with Gasteiger partial charge in [0.2, 0.25) is 5.91 Å². The molecule has 2 aromatic carbocycles. The molecule has 1 saturated heterocycles. The van der Waals surface area contributed by atoms with Gasteiger partial charge in [-0.05, 0) is 55.9 Å². The lowest BCUT2D eigenvalue weighted by atomic mass is 10.1. The van der Waals surface area contributed by atoms with Crippen molar-refractivity contribution in [1.82, 2.24) is 4.90 Å². The van der Waals surface area contributed by atoms with E-state index in [1.807, 2.05) is 24.3 Å². The Morgan fingerprint density at radius 1 is 1.10 bits per heavy atom. The van der Waals surface area contributed by atoms with Gasteiger partial charge < -0.3 is 15.0 Å². The first-order valence-corrected chi connectivity index (χ1v) is 9.84. The summed E-state index contributed by atoms with van der Waals surface area (Å²) in [4.78, 5) is 16.6. The van der Waals surface area contributed by atoms with E-state index in [1.54, 1.807) is 18.9 Å². The van der Waals surface area contributed by atoms with Gasteiger partial charge >= 0.3 is 6.18 Å². The Morgan fingerprint density at radius 3 is 2.27 bits per heavy atom. The molecule has 30 heavy (non-hydrogen) atoms. The third-order valence-electron chi connectivity index (χ3n) is 5.26. The molecule has 1 N–H and O–H groups in total. The first-order chi connectivity index (χ1) is 14.2. The average molecular weight is 421 g/mol. The van der Waals surface area contributed by atoms with Crippen molar-refractivity contribution in [2.45, 2.75) is 25.7 Å². The molecule has 0 aliphatic carbocycles. The molecule has 0 saturated carbocycles. The number of rotatable bonds is 6. The number of anilines is 2. The summed E-state index contributed by atoms with van der Waals surface area (Å²) in [6.45, 7) is 5.24. The topological polar surface area (TPSA) is 44.8 Å². The molecule has 3 rings (SSSR count). The molecule has 8 heteroatoms. The van der Waals surface area contributed by atoms with Gasteiger partial charge in [0, 0.05) is 31.0 Å². The summed E-state index contributed by atoms with van der Waals surface area (Å²) in [6, 6.07) is 12.2. The van der Waals surface area contributed by atoms with Crippen molar-refractivity contribution < 1.29 is 22.7 Å². The van der Waals surface area contributed by atoms with E-state index in [1.165, 1.54) is 12.1 Å². The van der Waals surface area contributed by atoms with Crippen LogP contribution < -0.4 is 10.2 Å². The van der Waals surface area contributed by atoms with Gasteiger partial charge in [-0.1, -0.05) is 12.1 Å². The van der Waals surface area contributed by atoms with Crippen LogP contribution in [0.1, 0.15) is 18.1 Å². The number of nitrogens with zero attached hydrogens (tertiary/aromatic N) is 2. The highest BCUT2D eigenvalue weighted by atomic mass is 19.4. The minimum atomic E-state index is -4.35. The van der Waals surface area contributed by atoms with Crippen molar-refractivity contribution in [2.75, 3.05) is 43.6 Å². The first-order valence-electron chi connectivity index (χ1n) is 9.84. The standard InChI is InChI=1S/C22H26F3N3O2/c1-16(27(2)15-17-3-5-18(6-4-17)22(23,24)25)21(29)26-19-7-9-20(10-8-19)28-11-13-30-14-12-28/h3-10,16H,11-15H2,1-2H3,(H,26,29)/t16-/m0/s1. The average Bonchev–Trinajstić information content (AvgIpc) is 2.74. The van der Waals surface area contributed by atoms with Crippen molar-refractivity contribution in [2.24, 2.45) is 0 Å². The molecule has 0 aromatic heterocycles. The van der Waals surface area contributed by atoms with E-state index in [-0.39, 0.29) is 5.91 Å². The van der Waals surface area contributed by atoms with Crippen LogP contribution in [0.25, 0.3) is 0 Å². The van der Waals surface area contributed by atoms with Crippen LogP contribution in [-0.2, 0) is 22.3 Å². The van der Waals surface area contributed by atoms with Crippen molar-refractivity contribution >= 4 is 17.3 Å². The highest BCUT2D eigenvalue weighted by molar-refractivity contribution is 5.94. The van der Waals surface area contributed by atoms with Gasteiger partial charge in [0.1, 0.15) is 0 Å². The summed E-state index contributed by atoms with van der Waals surface area (Å²) in [5.74, 6) is -0.177. The number of hydrogen-bond donors (Lipinski definition) is 1. The Kier molecular flexibility index (Phi) is 6.99. The van der Waals surface area contributed by atoms with Crippen LogP contribution in [0.4, 0.5) is 24.5 Å². The van der Waals surface area contributed by atoms with Crippen molar-refractivity contribution in [3.63, 3.8) is 0 Å². The SMILES string of the molecule is C[C@@H](C(=O)Nc1ccc(N2CCOCC2)cc1)N(C)Cc1ccc(C(F)(F)F)cc1. The second-order valence-corrected chi connectivity index (χ2v) is 7.42. The minimum Gasteiger partial charge on any atom is -0.378 e. The molecule has 0 spiro atoms. The molecule has 5 nitrogen and oxygen atoms in total. The number of benzene rings is 2. The van der Waals surface area contributed by atoms with Crippen molar-refractivity contribution in [1.29, 1.82) is 0 Å². The maximum absolute atomic E-state index is 12.7.